The summed E-state index contributed by atoms with van der Waals surface area (Å²) < 4.78 is 5.17. The van der Waals surface area contributed by atoms with Crippen LogP contribution in [-0.4, -0.2) is 71.6 Å². The summed E-state index contributed by atoms with van der Waals surface area (Å²) in [6, 6.07) is -1.08. The van der Waals surface area contributed by atoms with Gasteiger partial charge in [-0.3, -0.25) is 19.4 Å². The lowest BCUT2D eigenvalue weighted by Crippen LogP contribution is -2.52. The molecular weight excluding hydrogens is 240 g/mol. The summed E-state index contributed by atoms with van der Waals surface area (Å²) in [6.45, 7) is 2.53. The van der Waals surface area contributed by atoms with Crippen LogP contribution in [0.2, 0.25) is 0 Å². The first-order chi connectivity index (χ1) is 8.59. The number of hydrogen-bond donors (Lipinski definition) is 1. The highest BCUT2D eigenvalue weighted by molar-refractivity contribution is 6.04. The number of likely N-dealkylation sites (tertiary alicyclic amines) is 1. The van der Waals surface area contributed by atoms with E-state index >= 15 is 0 Å². The molecule has 2 saturated heterocycles. The van der Waals surface area contributed by atoms with Gasteiger partial charge >= 0.3 is 5.97 Å². The Balaban J connectivity index is 2.05. The average molecular weight is 256 g/mol. The minimum absolute atomic E-state index is 0.117. The number of carboxylic acids is 1. The number of carbonyl (C=O) groups excluding carboxylic acids is 2. The SMILES string of the molecule is O=C(O)C(CN1CCOCC1)N1C(=O)CCC1=O. The molecule has 2 rings (SSSR count). The van der Waals surface area contributed by atoms with Gasteiger partial charge in [-0.1, -0.05) is 0 Å². The molecule has 2 heterocycles. The molecule has 0 aromatic heterocycles. The number of carbonyl (C=O) groups is 3. The van der Waals surface area contributed by atoms with E-state index in [1.807, 2.05) is 4.90 Å². The van der Waals surface area contributed by atoms with E-state index in [1.165, 1.54) is 0 Å². The standard InChI is InChI=1S/C11H16N2O5/c14-9-1-2-10(15)13(9)8(11(16)17)7-12-3-5-18-6-4-12/h8H,1-7H2,(H,16,17). The predicted molar refractivity (Wildman–Crippen MR) is 59.8 cm³/mol. The third-order valence-electron chi connectivity index (χ3n) is 3.22. The Morgan fingerprint density at radius 2 is 1.78 bits per heavy atom. The predicted octanol–water partition coefficient (Wildman–Crippen LogP) is -1.08. The van der Waals surface area contributed by atoms with Gasteiger partial charge in [-0.05, 0) is 0 Å². The van der Waals surface area contributed by atoms with E-state index in [0.29, 0.717) is 26.3 Å². The molecule has 0 bridgehead atoms. The molecule has 0 saturated carbocycles. The van der Waals surface area contributed by atoms with Crippen molar-refractivity contribution < 1.29 is 24.2 Å². The van der Waals surface area contributed by atoms with Gasteiger partial charge in [-0.25, -0.2) is 4.79 Å². The second-order valence-corrected chi connectivity index (χ2v) is 4.42. The van der Waals surface area contributed by atoms with Gasteiger partial charge in [0, 0.05) is 32.5 Å². The molecule has 2 amide bonds. The lowest BCUT2D eigenvalue weighted by molar-refractivity contribution is -0.155. The summed E-state index contributed by atoms with van der Waals surface area (Å²) in [4.78, 5) is 37.2. The molecule has 100 valence electrons. The number of hydrogen-bond acceptors (Lipinski definition) is 5. The van der Waals surface area contributed by atoms with Gasteiger partial charge in [0.1, 0.15) is 6.04 Å². The summed E-state index contributed by atoms with van der Waals surface area (Å²) >= 11 is 0. The molecule has 1 atom stereocenters. The molecule has 7 heteroatoms. The van der Waals surface area contributed by atoms with Gasteiger partial charge in [0.25, 0.3) is 0 Å². The summed E-state index contributed by atoms with van der Waals surface area (Å²) in [5.74, 6) is -1.91. The second-order valence-electron chi connectivity index (χ2n) is 4.42. The average Bonchev–Trinajstić information content (AvgIpc) is 2.67. The van der Waals surface area contributed by atoms with Crippen LogP contribution in [-0.2, 0) is 19.1 Å². The minimum atomic E-state index is -1.13. The summed E-state index contributed by atoms with van der Waals surface area (Å²) in [7, 11) is 0. The molecule has 7 nitrogen and oxygen atoms in total. The van der Waals surface area contributed by atoms with Crippen LogP contribution in [0.3, 0.4) is 0 Å². The van der Waals surface area contributed by atoms with E-state index in [0.717, 1.165) is 4.90 Å². The quantitative estimate of drug-likeness (QED) is 0.644. The molecule has 1 N–H and O–H groups in total. The van der Waals surface area contributed by atoms with Crippen molar-refractivity contribution in [2.24, 2.45) is 0 Å². The molecule has 2 fully saturated rings. The fraction of sp³-hybridized carbons (Fsp3) is 0.727. The van der Waals surface area contributed by atoms with Crippen molar-refractivity contribution in [3.05, 3.63) is 0 Å². The largest absolute Gasteiger partial charge is 0.480 e. The van der Waals surface area contributed by atoms with Crippen molar-refractivity contribution in [3.8, 4) is 0 Å². The Hall–Kier alpha value is -1.47. The molecule has 2 aliphatic rings. The fourth-order valence-electron chi connectivity index (χ4n) is 2.24. The van der Waals surface area contributed by atoms with Gasteiger partial charge in [0.2, 0.25) is 11.8 Å². The second kappa shape index (κ2) is 5.45. The Bertz CT molecular complexity index is 348. The molecule has 0 aromatic rings. The first-order valence-corrected chi connectivity index (χ1v) is 5.97. The lowest BCUT2D eigenvalue weighted by atomic mass is 10.2. The number of nitrogens with zero attached hydrogens (tertiary/aromatic N) is 2. The number of morpholine rings is 1. The molecular formula is C11H16N2O5. The third kappa shape index (κ3) is 2.68. The molecule has 18 heavy (non-hydrogen) atoms. The summed E-state index contributed by atoms with van der Waals surface area (Å²) in [6.07, 6.45) is 0.234. The topological polar surface area (TPSA) is 87.2 Å². The zero-order valence-electron chi connectivity index (χ0n) is 10.0. The highest BCUT2D eigenvalue weighted by Gasteiger charge is 2.39. The summed E-state index contributed by atoms with van der Waals surface area (Å²) in [5, 5.41) is 9.20. The Morgan fingerprint density at radius 3 is 2.28 bits per heavy atom. The highest BCUT2D eigenvalue weighted by atomic mass is 16.5. The lowest BCUT2D eigenvalue weighted by Gasteiger charge is -2.31. The summed E-state index contributed by atoms with van der Waals surface area (Å²) in [5.41, 5.74) is 0. The molecule has 0 spiro atoms. The normalized spacial score (nSPS) is 23.4. The number of ether oxygens (including phenoxy) is 1. The van der Waals surface area contributed by atoms with E-state index in [-0.39, 0.29) is 31.2 Å². The van der Waals surface area contributed by atoms with E-state index in [1.54, 1.807) is 0 Å². The van der Waals surface area contributed by atoms with Gasteiger partial charge in [0.15, 0.2) is 0 Å². The van der Waals surface area contributed by atoms with Crippen molar-refractivity contribution in [1.29, 1.82) is 0 Å². The van der Waals surface area contributed by atoms with Crippen LogP contribution < -0.4 is 0 Å². The molecule has 0 aromatic carbocycles. The van der Waals surface area contributed by atoms with Crippen LogP contribution >= 0.6 is 0 Å². The number of imide groups is 1. The number of rotatable bonds is 4. The van der Waals surface area contributed by atoms with Crippen molar-refractivity contribution in [1.82, 2.24) is 9.80 Å². The van der Waals surface area contributed by atoms with Gasteiger partial charge in [-0.15, -0.1) is 0 Å². The fourth-order valence-corrected chi connectivity index (χ4v) is 2.24. The van der Waals surface area contributed by atoms with Crippen LogP contribution in [0.15, 0.2) is 0 Å². The van der Waals surface area contributed by atoms with Crippen molar-refractivity contribution in [3.63, 3.8) is 0 Å². The number of amides is 2. The van der Waals surface area contributed by atoms with E-state index in [2.05, 4.69) is 0 Å². The van der Waals surface area contributed by atoms with Crippen LogP contribution in [0.4, 0.5) is 0 Å². The van der Waals surface area contributed by atoms with Gasteiger partial charge in [-0.2, -0.15) is 0 Å². The van der Waals surface area contributed by atoms with Crippen LogP contribution in [0, 0.1) is 0 Å². The number of carboxylic acid groups (broad SMARTS) is 1. The van der Waals surface area contributed by atoms with Crippen LogP contribution in [0.1, 0.15) is 12.8 Å². The van der Waals surface area contributed by atoms with E-state index < -0.39 is 12.0 Å². The van der Waals surface area contributed by atoms with Crippen molar-refractivity contribution >= 4 is 17.8 Å². The Morgan fingerprint density at radius 1 is 1.22 bits per heavy atom. The monoisotopic (exact) mass is 256 g/mol. The van der Waals surface area contributed by atoms with E-state index in [4.69, 9.17) is 4.74 Å². The van der Waals surface area contributed by atoms with Gasteiger partial charge < -0.3 is 9.84 Å². The molecule has 0 aliphatic carbocycles. The Kier molecular flexibility index (Phi) is 3.93. The smallest absolute Gasteiger partial charge is 0.328 e. The first-order valence-electron chi connectivity index (χ1n) is 5.97. The maximum absolute atomic E-state index is 11.6. The third-order valence-corrected chi connectivity index (χ3v) is 3.22. The van der Waals surface area contributed by atoms with Crippen molar-refractivity contribution in [2.75, 3.05) is 32.8 Å². The maximum atomic E-state index is 11.6. The zero-order valence-corrected chi connectivity index (χ0v) is 10.0. The molecule has 1 unspecified atom stereocenters. The first kappa shape index (κ1) is 13.0. The maximum Gasteiger partial charge on any atom is 0.328 e. The van der Waals surface area contributed by atoms with E-state index in [9.17, 15) is 19.5 Å². The molecule has 0 radical (unpaired) electrons. The highest BCUT2D eigenvalue weighted by Crippen LogP contribution is 2.17. The van der Waals surface area contributed by atoms with Crippen LogP contribution in [0.25, 0.3) is 0 Å². The van der Waals surface area contributed by atoms with Crippen LogP contribution in [0.5, 0.6) is 0 Å². The minimum Gasteiger partial charge on any atom is -0.480 e. The van der Waals surface area contributed by atoms with Gasteiger partial charge in [0.05, 0.1) is 13.2 Å². The Labute approximate surface area is 104 Å². The zero-order chi connectivity index (χ0) is 13.1. The number of aliphatic carboxylic acids is 1. The van der Waals surface area contributed by atoms with Crippen molar-refractivity contribution in [2.45, 2.75) is 18.9 Å². The molecule has 2 aliphatic heterocycles.